The number of rotatable bonds is 5. The van der Waals surface area contributed by atoms with Crippen LogP contribution in [0.2, 0.25) is 0 Å². The van der Waals surface area contributed by atoms with Gasteiger partial charge in [-0.15, -0.1) is 0 Å². The molecule has 1 rings (SSSR count). The third-order valence-corrected chi connectivity index (χ3v) is 3.62. The standard InChI is InChI=1S/C8H16F2N2O2S/c9-8(10)15(13,14)12-6-3-7-1-4-11-5-2-7/h7-8,11-12H,1-6H2. The molecule has 0 amide bonds. The first kappa shape index (κ1) is 12.8. The monoisotopic (exact) mass is 242 g/mol. The molecule has 0 unspecified atom stereocenters. The molecule has 1 fully saturated rings. The van der Waals surface area contributed by atoms with Gasteiger partial charge in [0, 0.05) is 6.54 Å². The molecule has 0 saturated carbocycles. The zero-order valence-corrected chi connectivity index (χ0v) is 9.19. The second-order valence-electron chi connectivity index (χ2n) is 3.68. The van der Waals surface area contributed by atoms with Crippen molar-refractivity contribution in [2.75, 3.05) is 19.6 Å². The van der Waals surface area contributed by atoms with Gasteiger partial charge in [0.25, 0.3) is 10.0 Å². The second-order valence-corrected chi connectivity index (χ2v) is 5.42. The first-order chi connectivity index (χ1) is 7.02. The molecule has 0 atom stereocenters. The van der Waals surface area contributed by atoms with Crippen LogP contribution in [0.1, 0.15) is 19.3 Å². The lowest BCUT2D eigenvalue weighted by molar-refractivity contribution is 0.232. The van der Waals surface area contributed by atoms with Crippen molar-refractivity contribution in [3.8, 4) is 0 Å². The van der Waals surface area contributed by atoms with Crippen molar-refractivity contribution in [2.24, 2.45) is 5.92 Å². The Morgan fingerprint density at radius 1 is 1.33 bits per heavy atom. The fraction of sp³-hybridized carbons (Fsp3) is 1.00. The molecule has 90 valence electrons. The number of nitrogens with one attached hydrogen (secondary N) is 2. The van der Waals surface area contributed by atoms with Gasteiger partial charge in [-0.2, -0.15) is 8.78 Å². The molecule has 0 aromatic carbocycles. The number of alkyl halides is 2. The molecule has 0 bridgehead atoms. The van der Waals surface area contributed by atoms with Crippen molar-refractivity contribution in [3.05, 3.63) is 0 Å². The SMILES string of the molecule is O=S(=O)(NCCC1CCNCC1)C(F)F. The number of halogens is 2. The van der Waals surface area contributed by atoms with Gasteiger partial charge in [0.15, 0.2) is 0 Å². The summed E-state index contributed by atoms with van der Waals surface area (Å²) in [7, 11) is -4.40. The van der Waals surface area contributed by atoms with Crippen molar-refractivity contribution < 1.29 is 17.2 Å². The Kier molecular flexibility index (Phi) is 4.88. The quantitative estimate of drug-likeness (QED) is 0.739. The topological polar surface area (TPSA) is 58.2 Å². The number of sulfonamides is 1. The van der Waals surface area contributed by atoms with E-state index in [-0.39, 0.29) is 6.54 Å². The highest BCUT2D eigenvalue weighted by Gasteiger charge is 2.23. The van der Waals surface area contributed by atoms with Crippen LogP contribution in [0.4, 0.5) is 8.78 Å². The van der Waals surface area contributed by atoms with E-state index in [4.69, 9.17) is 0 Å². The molecule has 15 heavy (non-hydrogen) atoms. The van der Waals surface area contributed by atoms with Gasteiger partial charge in [-0.25, -0.2) is 13.1 Å². The van der Waals surface area contributed by atoms with E-state index in [1.54, 1.807) is 0 Å². The van der Waals surface area contributed by atoms with Crippen LogP contribution in [-0.4, -0.2) is 33.8 Å². The summed E-state index contributed by atoms with van der Waals surface area (Å²) in [6.45, 7) is 1.95. The summed E-state index contributed by atoms with van der Waals surface area (Å²) in [4.78, 5) is 0. The lowest BCUT2D eigenvalue weighted by Gasteiger charge is -2.22. The van der Waals surface area contributed by atoms with Crippen LogP contribution >= 0.6 is 0 Å². The summed E-state index contributed by atoms with van der Waals surface area (Å²) >= 11 is 0. The largest absolute Gasteiger partial charge is 0.350 e. The Morgan fingerprint density at radius 3 is 2.47 bits per heavy atom. The van der Waals surface area contributed by atoms with E-state index >= 15 is 0 Å². The van der Waals surface area contributed by atoms with E-state index in [0.717, 1.165) is 25.9 Å². The smallest absolute Gasteiger partial charge is 0.317 e. The molecule has 1 heterocycles. The normalized spacial score (nSPS) is 19.7. The molecule has 1 aliphatic heterocycles. The third-order valence-electron chi connectivity index (χ3n) is 2.55. The minimum Gasteiger partial charge on any atom is -0.317 e. The minimum absolute atomic E-state index is 0.108. The van der Waals surface area contributed by atoms with Gasteiger partial charge in [-0.05, 0) is 38.3 Å². The molecule has 0 aromatic rings. The fourth-order valence-corrected chi connectivity index (χ4v) is 2.17. The Labute approximate surface area is 88.5 Å². The van der Waals surface area contributed by atoms with Crippen molar-refractivity contribution in [3.63, 3.8) is 0 Å². The number of piperidine rings is 1. The average Bonchev–Trinajstić information content (AvgIpc) is 2.19. The predicted octanol–water partition coefficient (Wildman–Crippen LogP) is 0.518. The summed E-state index contributed by atoms with van der Waals surface area (Å²) in [5.74, 6) is -2.89. The van der Waals surface area contributed by atoms with Crippen molar-refractivity contribution in [1.29, 1.82) is 0 Å². The van der Waals surface area contributed by atoms with Crippen molar-refractivity contribution in [2.45, 2.75) is 25.0 Å². The molecule has 7 heteroatoms. The lowest BCUT2D eigenvalue weighted by atomic mass is 9.95. The number of hydrogen-bond donors (Lipinski definition) is 2. The van der Waals surface area contributed by atoms with Crippen LogP contribution in [0, 0.1) is 5.92 Å². The van der Waals surface area contributed by atoms with E-state index in [0.29, 0.717) is 12.3 Å². The molecule has 2 N–H and O–H groups in total. The van der Waals surface area contributed by atoms with Gasteiger partial charge in [-0.3, -0.25) is 0 Å². The van der Waals surface area contributed by atoms with Crippen molar-refractivity contribution >= 4 is 10.0 Å². The average molecular weight is 242 g/mol. The van der Waals surface area contributed by atoms with E-state index in [1.165, 1.54) is 0 Å². The Morgan fingerprint density at radius 2 is 1.93 bits per heavy atom. The van der Waals surface area contributed by atoms with Crippen LogP contribution in [0.3, 0.4) is 0 Å². The molecule has 0 aromatic heterocycles. The molecule has 4 nitrogen and oxygen atoms in total. The second kappa shape index (κ2) is 5.72. The zero-order chi connectivity index (χ0) is 11.3. The highest BCUT2D eigenvalue weighted by Crippen LogP contribution is 2.15. The van der Waals surface area contributed by atoms with Crippen LogP contribution in [0.15, 0.2) is 0 Å². The van der Waals surface area contributed by atoms with Gasteiger partial charge < -0.3 is 5.32 Å². The van der Waals surface area contributed by atoms with Crippen LogP contribution in [0.25, 0.3) is 0 Å². The van der Waals surface area contributed by atoms with Gasteiger partial charge in [0.1, 0.15) is 0 Å². The predicted molar refractivity (Wildman–Crippen MR) is 53.1 cm³/mol. The number of hydrogen-bond acceptors (Lipinski definition) is 3. The molecule has 1 saturated heterocycles. The first-order valence-corrected chi connectivity index (χ1v) is 6.54. The molecular weight excluding hydrogens is 226 g/mol. The van der Waals surface area contributed by atoms with E-state index in [2.05, 4.69) is 5.32 Å². The lowest BCUT2D eigenvalue weighted by Crippen LogP contribution is -2.33. The van der Waals surface area contributed by atoms with Gasteiger partial charge in [0.2, 0.25) is 0 Å². The minimum atomic E-state index is -4.40. The Balaban J connectivity index is 2.20. The van der Waals surface area contributed by atoms with Crippen LogP contribution in [0.5, 0.6) is 0 Å². The fourth-order valence-electron chi connectivity index (χ4n) is 1.64. The van der Waals surface area contributed by atoms with Crippen LogP contribution in [-0.2, 0) is 10.0 Å². The van der Waals surface area contributed by atoms with E-state index in [9.17, 15) is 17.2 Å². The summed E-state index contributed by atoms with van der Waals surface area (Å²) in [5.41, 5.74) is 0. The van der Waals surface area contributed by atoms with E-state index in [1.807, 2.05) is 4.72 Å². The highest BCUT2D eigenvalue weighted by atomic mass is 32.2. The van der Waals surface area contributed by atoms with Crippen LogP contribution < -0.4 is 10.0 Å². The zero-order valence-electron chi connectivity index (χ0n) is 8.38. The van der Waals surface area contributed by atoms with E-state index < -0.39 is 15.8 Å². The first-order valence-electron chi connectivity index (χ1n) is 5.00. The highest BCUT2D eigenvalue weighted by molar-refractivity contribution is 7.89. The molecule has 0 radical (unpaired) electrons. The molecular formula is C8H16F2N2O2S. The Hall–Kier alpha value is -0.270. The summed E-state index contributed by atoms with van der Waals surface area (Å²) in [6, 6.07) is 0. The molecule has 0 aliphatic carbocycles. The third kappa shape index (κ3) is 4.40. The van der Waals surface area contributed by atoms with Gasteiger partial charge in [-0.1, -0.05) is 0 Å². The van der Waals surface area contributed by atoms with Gasteiger partial charge >= 0.3 is 5.76 Å². The molecule has 0 spiro atoms. The van der Waals surface area contributed by atoms with Crippen molar-refractivity contribution in [1.82, 2.24) is 10.0 Å². The maximum absolute atomic E-state index is 11.9. The van der Waals surface area contributed by atoms with Gasteiger partial charge in [0.05, 0.1) is 0 Å². The molecule has 1 aliphatic rings. The summed E-state index contributed by atoms with van der Waals surface area (Å²) < 4.78 is 47.1. The maximum atomic E-state index is 11.9. The summed E-state index contributed by atoms with van der Waals surface area (Å²) in [6.07, 6.45) is 2.60. The summed E-state index contributed by atoms with van der Waals surface area (Å²) in [5, 5.41) is 3.18. The Bertz CT molecular complexity index is 276. The maximum Gasteiger partial charge on any atom is 0.350 e.